The zero-order chi connectivity index (χ0) is 13.8. The van der Waals surface area contributed by atoms with Crippen molar-refractivity contribution in [2.45, 2.75) is 13.3 Å². The Hall–Kier alpha value is -2.35. The Balaban J connectivity index is 2.22. The van der Waals surface area contributed by atoms with Crippen molar-refractivity contribution < 1.29 is 9.90 Å². The molecule has 0 heterocycles. The Morgan fingerprint density at radius 1 is 1.00 bits per heavy atom. The van der Waals surface area contributed by atoms with Crippen LogP contribution >= 0.6 is 0 Å². The minimum atomic E-state index is -0.900. The first kappa shape index (κ1) is 13.1. The lowest BCUT2D eigenvalue weighted by molar-refractivity contribution is 0.0697. The Bertz CT molecular complexity index is 592. The largest absolute Gasteiger partial charge is 0.478 e. The van der Waals surface area contributed by atoms with Gasteiger partial charge in [0.1, 0.15) is 0 Å². The van der Waals surface area contributed by atoms with Gasteiger partial charge in [0.05, 0.1) is 5.56 Å². The van der Waals surface area contributed by atoms with Crippen molar-refractivity contribution in [3.05, 3.63) is 71.8 Å². The van der Waals surface area contributed by atoms with E-state index in [1.807, 2.05) is 31.2 Å². The van der Waals surface area contributed by atoms with Gasteiger partial charge < -0.3 is 5.11 Å². The van der Waals surface area contributed by atoms with Crippen molar-refractivity contribution >= 4 is 5.97 Å². The van der Waals surface area contributed by atoms with Gasteiger partial charge in [0.15, 0.2) is 0 Å². The summed E-state index contributed by atoms with van der Waals surface area (Å²) < 4.78 is 0. The van der Waals surface area contributed by atoms with E-state index in [1.54, 1.807) is 12.1 Å². The van der Waals surface area contributed by atoms with E-state index in [0.29, 0.717) is 5.56 Å². The van der Waals surface area contributed by atoms with E-state index >= 15 is 0 Å². The van der Waals surface area contributed by atoms with Crippen LogP contribution in [0.1, 0.15) is 22.8 Å². The standard InChI is InChI=1S/C17H16O2/c1-12(2)11-13-3-5-14(6-4-13)15-7-9-16(10-8-15)17(18)19/h3-10H,1,11H2,2H3,(H,18,19). The van der Waals surface area contributed by atoms with E-state index in [2.05, 4.69) is 18.7 Å². The average molecular weight is 252 g/mol. The van der Waals surface area contributed by atoms with Crippen LogP contribution in [-0.2, 0) is 6.42 Å². The second-order valence-electron chi connectivity index (χ2n) is 4.71. The minimum absolute atomic E-state index is 0.308. The fraction of sp³-hybridized carbons (Fsp3) is 0.118. The van der Waals surface area contributed by atoms with E-state index in [-0.39, 0.29) is 0 Å². The number of benzene rings is 2. The molecule has 19 heavy (non-hydrogen) atoms. The summed E-state index contributed by atoms with van der Waals surface area (Å²) >= 11 is 0. The molecule has 1 N–H and O–H groups in total. The van der Waals surface area contributed by atoms with Crippen LogP contribution in [0, 0.1) is 0 Å². The highest BCUT2D eigenvalue weighted by molar-refractivity contribution is 5.88. The molecule has 2 rings (SSSR count). The first-order chi connectivity index (χ1) is 9.06. The molecule has 0 bridgehead atoms. The third-order valence-corrected chi connectivity index (χ3v) is 2.93. The molecule has 0 fully saturated rings. The normalized spacial score (nSPS) is 10.2. The summed E-state index contributed by atoms with van der Waals surface area (Å²) in [6.07, 6.45) is 0.887. The number of hydrogen-bond acceptors (Lipinski definition) is 1. The third-order valence-electron chi connectivity index (χ3n) is 2.93. The van der Waals surface area contributed by atoms with Gasteiger partial charge in [0, 0.05) is 0 Å². The molecule has 0 saturated heterocycles. The zero-order valence-electron chi connectivity index (χ0n) is 10.9. The van der Waals surface area contributed by atoms with Gasteiger partial charge in [0.2, 0.25) is 0 Å². The van der Waals surface area contributed by atoms with E-state index in [4.69, 9.17) is 5.11 Å². The molecule has 0 amide bonds. The van der Waals surface area contributed by atoms with E-state index < -0.39 is 5.97 Å². The third kappa shape index (κ3) is 3.32. The molecular formula is C17H16O2. The Morgan fingerprint density at radius 2 is 1.47 bits per heavy atom. The molecule has 0 saturated carbocycles. The summed E-state index contributed by atoms with van der Waals surface area (Å²) in [5, 5.41) is 8.86. The molecule has 2 nitrogen and oxygen atoms in total. The maximum absolute atomic E-state index is 10.8. The van der Waals surface area contributed by atoms with Gasteiger partial charge in [-0.3, -0.25) is 0 Å². The number of aromatic carboxylic acids is 1. The lowest BCUT2D eigenvalue weighted by atomic mass is 10.0. The van der Waals surface area contributed by atoms with Crippen LogP contribution in [0.3, 0.4) is 0 Å². The maximum atomic E-state index is 10.8. The van der Waals surface area contributed by atoms with Gasteiger partial charge >= 0.3 is 5.97 Å². The molecule has 0 aromatic heterocycles. The number of rotatable bonds is 4. The van der Waals surface area contributed by atoms with Gasteiger partial charge in [-0.1, -0.05) is 48.6 Å². The summed E-state index contributed by atoms with van der Waals surface area (Å²) in [5.41, 5.74) is 4.79. The molecule has 0 unspecified atom stereocenters. The van der Waals surface area contributed by atoms with Crippen molar-refractivity contribution in [2.24, 2.45) is 0 Å². The predicted molar refractivity (Wildman–Crippen MR) is 77.4 cm³/mol. The van der Waals surface area contributed by atoms with Crippen LogP contribution in [0.5, 0.6) is 0 Å². The van der Waals surface area contributed by atoms with Gasteiger partial charge in [-0.2, -0.15) is 0 Å². The van der Waals surface area contributed by atoms with E-state index in [1.165, 1.54) is 5.56 Å². The van der Waals surface area contributed by atoms with E-state index in [0.717, 1.165) is 23.1 Å². The van der Waals surface area contributed by atoms with Crippen LogP contribution in [0.25, 0.3) is 11.1 Å². The fourth-order valence-corrected chi connectivity index (χ4v) is 1.97. The van der Waals surface area contributed by atoms with Gasteiger partial charge in [-0.05, 0) is 42.2 Å². The second kappa shape index (κ2) is 5.53. The first-order valence-electron chi connectivity index (χ1n) is 6.13. The van der Waals surface area contributed by atoms with Gasteiger partial charge in [-0.15, -0.1) is 0 Å². The van der Waals surface area contributed by atoms with Gasteiger partial charge in [-0.25, -0.2) is 4.79 Å². The van der Waals surface area contributed by atoms with Crippen molar-refractivity contribution in [3.8, 4) is 11.1 Å². The predicted octanol–water partition coefficient (Wildman–Crippen LogP) is 4.17. The molecule has 2 aromatic rings. The first-order valence-corrected chi connectivity index (χ1v) is 6.13. The molecule has 2 aromatic carbocycles. The molecule has 0 radical (unpaired) electrons. The number of carboxylic acids is 1. The van der Waals surface area contributed by atoms with Gasteiger partial charge in [0.25, 0.3) is 0 Å². The Morgan fingerprint density at radius 3 is 1.89 bits per heavy atom. The monoisotopic (exact) mass is 252 g/mol. The number of hydrogen-bond donors (Lipinski definition) is 1. The second-order valence-corrected chi connectivity index (χ2v) is 4.71. The highest BCUT2D eigenvalue weighted by atomic mass is 16.4. The summed E-state index contributed by atoms with van der Waals surface area (Å²) in [4.78, 5) is 10.8. The smallest absolute Gasteiger partial charge is 0.335 e. The van der Waals surface area contributed by atoms with Crippen LogP contribution in [0.2, 0.25) is 0 Å². The number of carboxylic acid groups (broad SMARTS) is 1. The van der Waals surface area contributed by atoms with Crippen molar-refractivity contribution in [1.29, 1.82) is 0 Å². The minimum Gasteiger partial charge on any atom is -0.478 e. The summed E-state index contributed by atoms with van der Waals surface area (Å²) in [7, 11) is 0. The van der Waals surface area contributed by atoms with Crippen molar-refractivity contribution in [2.75, 3.05) is 0 Å². The van der Waals surface area contributed by atoms with Crippen LogP contribution in [-0.4, -0.2) is 11.1 Å². The van der Waals surface area contributed by atoms with E-state index in [9.17, 15) is 4.79 Å². The highest BCUT2D eigenvalue weighted by Gasteiger charge is 2.03. The van der Waals surface area contributed by atoms with Crippen LogP contribution in [0.4, 0.5) is 0 Å². The molecule has 96 valence electrons. The number of carbonyl (C=O) groups is 1. The average Bonchev–Trinajstić information content (AvgIpc) is 2.39. The van der Waals surface area contributed by atoms with Crippen molar-refractivity contribution in [3.63, 3.8) is 0 Å². The molecular weight excluding hydrogens is 236 g/mol. The van der Waals surface area contributed by atoms with Crippen LogP contribution < -0.4 is 0 Å². The Kier molecular flexibility index (Phi) is 3.81. The summed E-state index contributed by atoms with van der Waals surface area (Å²) in [6.45, 7) is 5.91. The SMILES string of the molecule is C=C(C)Cc1ccc(-c2ccc(C(=O)O)cc2)cc1. The van der Waals surface area contributed by atoms with Crippen LogP contribution in [0.15, 0.2) is 60.7 Å². The number of allylic oxidation sites excluding steroid dienone is 1. The lowest BCUT2D eigenvalue weighted by Gasteiger charge is -2.05. The topological polar surface area (TPSA) is 37.3 Å². The summed E-state index contributed by atoms with van der Waals surface area (Å²) in [5.74, 6) is -0.900. The molecule has 0 atom stereocenters. The van der Waals surface area contributed by atoms with Crippen molar-refractivity contribution in [1.82, 2.24) is 0 Å². The quantitative estimate of drug-likeness (QED) is 0.829. The molecule has 0 aliphatic heterocycles. The molecule has 2 heteroatoms. The fourth-order valence-electron chi connectivity index (χ4n) is 1.97. The molecule has 0 spiro atoms. The lowest BCUT2D eigenvalue weighted by Crippen LogP contribution is -1.95. The zero-order valence-corrected chi connectivity index (χ0v) is 10.9. The molecule has 0 aliphatic carbocycles. The highest BCUT2D eigenvalue weighted by Crippen LogP contribution is 2.21. The summed E-state index contributed by atoms with van der Waals surface area (Å²) in [6, 6.07) is 15.2. The molecule has 0 aliphatic rings. The maximum Gasteiger partial charge on any atom is 0.335 e. The Labute approximate surface area is 113 Å².